The van der Waals surface area contributed by atoms with Gasteiger partial charge in [0.2, 0.25) is 0 Å². The minimum Gasteiger partial charge on any atom is -0.307 e. The Bertz CT molecular complexity index is 157. The van der Waals surface area contributed by atoms with Crippen molar-refractivity contribution in [3.63, 3.8) is 0 Å². The molecule has 1 aliphatic rings. The highest BCUT2D eigenvalue weighted by Gasteiger charge is 2.09. The van der Waals surface area contributed by atoms with Gasteiger partial charge < -0.3 is 9.63 Å². The van der Waals surface area contributed by atoms with Gasteiger partial charge in [0.15, 0.2) is 0 Å². The predicted molar refractivity (Wildman–Crippen MR) is 53.3 cm³/mol. The molecule has 76 valence electrons. The summed E-state index contributed by atoms with van der Waals surface area (Å²) in [5, 5.41) is 0. The molecule has 0 saturated carbocycles. The zero-order valence-corrected chi connectivity index (χ0v) is 8.51. The fraction of sp³-hybridized carbons (Fsp3) is 0.700. The smallest absolute Gasteiger partial charge is 0.106 e. The zero-order chi connectivity index (χ0) is 10.1. The summed E-state index contributed by atoms with van der Waals surface area (Å²) in [5.74, 6) is 0. The number of hydroxylamine groups is 1. The lowest BCUT2D eigenvalue weighted by Crippen LogP contribution is -2.27. The van der Waals surface area contributed by atoms with E-state index in [1.165, 1.54) is 31.3 Å². The molecule has 0 aromatic carbocycles. The van der Waals surface area contributed by atoms with Crippen molar-refractivity contribution in [3.05, 3.63) is 11.6 Å². The largest absolute Gasteiger partial charge is 0.307 e. The molecule has 1 atom stereocenters. The van der Waals surface area contributed by atoms with Crippen LogP contribution in [-0.4, -0.2) is 19.9 Å². The second kappa shape index (κ2) is 7.95. The van der Waals surface area contributed by atoms with Gasteiger partial charge in [0, 0.05) is 0 Å². The maximum Gasteiger partial charge on any atom is 0.106 e. The third-order valence-corrected chi connectivity index (χ3v) is 2.18. The van der Waals surface area contributed by atoms with E-state index >= 15 is 0 Å². The molecular formula is C10H19NO2. The number of carbonyl (C=O) groups is 1. The number of rotatable bonds is 3. The van der Waals surface area contributed by atoms with Crippen molar-refractivity contribution in [1.82, 2.24) is 5.48 Å². The maximum atomic E-state index is 8.00. The van der Waals surface area contributed by atoms with Gasteiger partial charge in [-0.3, -0.25) is 0 Å². The van der Waals surface area contributed by atoms with Crippen molar-refractivity contribution in [2.24, 2.45) is 0 Å². The van der Waals surface area contributed by atoms with Crippen LogP contribution in [0, 0.1) is 0 Å². The fourth-order valence-electron chi connectivity index (χ4n) is 1.51. The van der Waals surface area contributed by atoms with E-state index in [2.05, 4.69) is 18.5 Å². The van der Waals surface area contributed by atoms with Gasteiger partial charge in [-0.1, -0.05) is 11.6 Å². The Kier molecular flexibility index (Phi) is 7.54. The van der Waals surface area contributed by atoms with Gasteiger partial charge >= 0.3 is 0 Å². The molecule has 1 rings (SSSR count). The topological polar surface area (TPSA) is 38.3 Å². The zero-order valence-electron chi connectivity index (χ0n) is 8.51. The average Bonchev–Trinajstić information content (AvgIpc) is 2.23. The summed E-state index contributed by atoms with van der Waals surface area (Å²) in [4.78, 5) is 12.9. The lowest BCUT2D eigenvalue weighted by Gasteiger charge is -2.19. The van der Waals surface area contributed by atoms with Crippen LogP contribution in [0.3, 0.4) is 0 Å². The van der Waals surface area contributed by atoms with E-state index in [1.807, 2.05) is 6.79 Å². The molecule has 0 spiro atoms. The second-order valence-electron chi connectivity index (χ2n) is 3.07. The van der Waals surface area contributed by atoms with Gasteiger partial charge in [0.05, 0.1) is 13.2 Å². The van der Waals surface area contributed by atoms with Crippen LogP contribution in [0.2, 0.25) is 0 Å². The average molecular weight is 185 g/mol. The summed E-state index contributed by atoms with van der Waals surface area (Å²) in [6.07, 6.45) is 7.49. The number of carbonyl (C=O) groups excluding carboxylic acids is 1. The third-order valence-electron chi connectivity index (χ3n) is 2.18. The Hall–Kier alpha value is -0.670. The molecule has 0 unspecified atom stereocenters. The molecule has 0 radical (unpaired) electrons. The fourth-order valence-corrected chi connectivity index (χ4v) is 1.51. The van der Waals surface area contributed by atoms with Crippen molar-refractivity contribution in [1.29, 1.82) is 0 Å². The van der Waals surface area contributed by atoms with Gasteiger partial charge in [-0.15, -0.1) is 0 Å². The van der Waals surface area contributed by atoms with E-state index in [-0.39, 0.29) is 0 Å². The van der Waals surface area contributed by atoms with E-state index in [0.717, 1.165) is 0 Å². The summed E-state index contributed by atoms with van der Waals surface area (Å²) >= 11 is 0. The first-order chi connectivity index (χ1) is 6.34. The molecule has 0 aromatic heterocycles. The molecule has 3 nitrogen and oxygen atoms in total. The number of allylic oxidation sites excluding steroid dienone is 1. The minimum absolute atomic E-state index is 0.389. The van der Waals surface area contributed by atoms with Crippen LogP contribution < -0.4 is 5.48 Å². The van der Waals surface area contributed by atoms with Gasteiger partial charge in [0.25, 0.3) is 0 Å². The van der Waals surface area contributed by atoms with Crippen molar-refractivity contribution in [2.75, 3.05) is 7.11 Å². The first-order valence-corrected chi connectivity index (χ1v) is 4.61. The van der Waals surface area contributed by atoms with Gasteiger partial charge in [-0.25, -0.2) is 0 Å². The highest BCUT2D eigenvalue weighted by molar-refractivity contribution is 5.11. The molecule has 0 bridgehead atoms. The Labute approximate surface area is 80.1 Å². The molecule has 0 aliphatic heterocycles. The summed E-state index contributed by atoms with van der Waals surface area (Å²) in [6, 6.07) is 0.389. The van der Waals surface area contributed by atoms with E-state index in [9.17, 15) is 0 Å². The van der Waals surface area contributed by atoms with E-state index in [1.54, 1.807) is 7.11 Å². The van der Waals surface area contributed by atoms with Crippen LogP contribution in [0.5, 0.6) is 0 Å². The van der Waals surface area contributed by atoms with E-state index in [4.69, 9.17) is 9.63 Å². The second-order valence-corrected chi connectivity index (χ2v) is 3.07. The highest BCUT2D eigenvalue weighted by atomic mass is 16.6. The van der Waals surface area contributed by atoms with Crippen LogP contribution in [0.1, 0.15) is 32.6 Å². The van der Waals surface area contributed by atoms with Crippen LogP contribution >= 0.6 is 0 Å². The Morgan fingerprint density at radius 1 is 1.54 bits per heavy atom. The summed E-state index contributed by atoms with van der Waals surface area (Å²) < 4.78 is 0. The van der Waals surface area contributed by atoms with Crippen LogP contribution in [0.25, 0.3) is 0 Å². The molecule has 0 saturated heterocycles. The SMILES string of the molecule is C=O.CON[C@H](C)C1=CCCCC1. The molecule has 13 heavy (non-hydrogen) atoms. The van der Waals surface area contributed by atoms with Crippen molar-refractivity contribution in [2.45, 2.75) is 38.6 Å². The van der Waals surface area contributed by atoms with Gasteiger partial charge in [-0.05, 0) is 32.6 Å². The molecule has 0 amide bonds. The van der Waals surface area contributed by atoms with E-state index < -0.39 is 0 Å². The molecule has 3 heteroatoms. The molecule has 0 aromatic rings. The number of hydrogen-bond acceptors (Lipinski definition) is 3. The van der Waals surface area contributed by atoms with Crippen molar-refractivity contribution >= 4 is 6.79 Å². The van der Waals surface area contributed by atoms with Crippen molar-refractivity contribution in [3.8, 4) is 0 Å². The number of hydrogen-bond donors (Lipinski definition) is 1. The monoisotopic (exact) mass is 185 g/mol. The minimum atomic E-state index is 0.389. The Morgan fingerprint density at radius 3 is 2.69 bits per heavy atom. The van der Waals surface area contributed by atoms with Crippen LogP contribution in [0.4, 0.5) is 0 Å². The summed E-state index contributed by atoms with van der Waals surface area (Å²) in [7, 11) is 1.67. The lowest BCUT2D eigenvalue weighted by molar-refractivity contribution is -0.0979. The molecule has 0 fully saturated rings. The van der Waals surface area contributed by atoms with Crippen LogP contribution in [0.15, 0.2) is 11.6 Å². The van der Waals surface area contributed by atoms with Gasteiger partial charge in [0.1, 0.15) is 6.79 Å². The quantitative estimate of drug-likeness (QED) is 0.538. The maximum absolute atomic E-state index is 8.00. The third kappa shape index (κ3) is 4.80. The van der Waals surface area contributed by atoms with Crippen molar-refractivity contribution < 1.29 is 9.63 Å². The first-order valence-electron chi connectivity index (χ1n) is 4.61. The Morgan fingerprint density at radius 2 is 2.23 bits per heavy atom. The predicted octanol–water partition coefficient (Wildman–Crippen LogP) is 1.84. The molecular weight excluding hydrogens is 166 g/mol. The summed E-state index contributed by atoms with van der Waals surface area (Å²) in [5.41, 5.74) is 4.45. The van der Waals surface area contributed by atoms with E-state index in [0.29, 0.717) is 6.04 Å². The first kappa shape index (κ1) is 12.3. The normalized spacial score (nSPS) is 18.2. The standard InChI is InChI=1S/C9H17NO.CH2O/c1-8(10-11-2)9-6-4-3-5-7-9;1-2/h6,8,10H,3-5,7H2,1-2H3;1H2/t8-;/m1./s1. The highest BCUT2D eigenvalue weighted by Crippen LogP contribution is 2.19. The van der Waals surface area contributed by atoms with Crippen LogP contribution in [-0.2, 0) is 9.63 Å². The molecule has 1 aliphatic carbocycles. The lowest BCUT2D eigenvalue weighted by atomic mass is 9.95. The summed E-state index contributed by atoms with van der Waals surface area (Å²) in [6.45, 7) is 4.14. The Balaban J connectivity index is 0.000000671. The van der Waals surface area contributed by atoms with Gasteiger partial charge in [-0.2, -0.15) is 5.48 Å². The molecule has 1 N–H and O–H groups in total. The molecule has 0 heterocycles. The number of nitrogens with one attached hydrogen (secondary N) is 1.